The Morgan fingerprint density at radius 3 is 1.75 bits per heavy atom. The van der Waals surface area contributed by atoms with Gasteiger partial charge in [0.2, 0.25) is 0 Å². The number of hydrogen-bond acceptors (Lipinski definition) is 4. The molecule has 0 radical (unpaired) electrons. The summed E-state index contributed by atoms with van der Waals surface area (Å²) in [6.07, 6.45) is 0. The molecule has 274 valence electrons. The van der Waals surface area contributed by atoms with Crippen LogP contribution in [0.3, 0.4) is 0 Å². The first-order valence-corrected chi connectivity index (χ1v) is 19.9. The summed E-state index contributed by atoms with van der Waals surface area (Å²) in [4.78, 5) is 10.6. The molecule has 0 aliphatic heterocycles. The molecule has 0 N–H and O–H groups in total. The normalized spacial score (nSPS) is 12.1. The summed E-state index contributed by atoms with van der Waals surface area (Å²) in [5, 5.41) is 10.4. The molecule has 4 heterocycles. The molecule has 5 heteroatoms. The fourth-order valence-electron chi connectivity index (χ4n) is 9.32. The average Bonchev–Trinajstić information content (AvgIpc) is 3.99. The predicted octanol–water partition coefficient (Wildman–Crippen LogP) is 14.7. The van der Waals surface area contributed by atoms with Crippen LogP contribution in [0.1, 0.15) is 0 Å². The SMILES string of the molecule is c1ccc(-c2ccc(-c3nc(-c4cccc5oc6ccc(-n7c8ccc9ccccc9c8c8c9ccccc9ccc87)cc6c45)nc4c3oc3ccccc34)cc2)cc1. The Bertz CT molecular complexity index is 3740. The Morgan fingerprint density at radius 2 is 1.00 bits per heavy atom. The highest BCUT2D eigenvalue weighted by Gasteiger charge is 2.23. The van der Waals surface area contributed by atoms with Gasteiger partial charge >= 0.3 is 0 Å². The predicted molar refractivity (Wildman–Crippen MR) is 242 cm³/mol. The molecular weight excluding hydrogens is 723 g/mol. The topological polar surface area (TPSA) is 57.0 Å². The van der Waals surface area contributed by atoms with Crippen molar-refractivity contribution in [3.8, 4) is 39.5 Å². The lowest BCUT2D eigenvalue weighted by Crippen LogP contribution is -1.95. The lowest BCUT2D eigenvalue weighted by molar-refractivity contribution is 0.667. The van der Waals surface area contributed by atoms with E-state index in [-0.39, 0.29) is 0 Å². The minimum Gasteiger partial charge on any atom is -0.456 e. The molecule has 9 aromatic carbocycles. The fraction of sp³-hybridized carbons (Fsp3) is 0. The van der Waals surface area contributed by atoms with E-state index in [1.807, 2.05) is 36.4 Å². The van der Waals surface area contributed by atoms with E-state index in [1.165, 1.54) is 32.3 Å². The number of rotatable bonds is 4. The summed E-state index contributed by atoms with van der Waals surface area (Å²) >= 11 is 0. The van der Waals surface area contributed by atoms with E-state index in [2.05, 4.69) is 156 Å². The van der Waals surface area contributed by atoms with Gasteiger partial charge in [-0.25, -0.2) is 9.97 Å². The average molecular weight is 754 g/mol. The van der Waals surface area contributed by atoms with E-state index in [4.69, 9.17) is 18.8 Å². The summed E-state index contributed by atoms with van der Waals surface area (Å²) < 4.78 is 15.5. The van der Waals surface area contributed by atoms with Crippen molar-refractivity contribution in [2.45, 2.75) is 0 Å². The van der Waals surface area contributed by atoms with Gasteiger partial charge in [0.15, 0.2) is 11.4 Å². The third-order valence-electron chi connectivity index (χ3n) is 12.0. The molecule has 0 saturated heterocycles. The molecule has 0 saturated carbocycles. The quantitative estimate of drug-likeness (QED) is 0.180. The van der Waals surface area contributed by atoms with Gasteiger partial charge in [0, 0.05) is 43.7 Å². The van der Waals surface area contributed by atoms with Gasteiger partial charge in [-0.1, -0.05) is 140 Å². The van der Waals surface area contributed by atoms with Gasteiger partial charge in [-0.15, -0.1) is 0 Å². The minimum absolute atomic E-state index is 0.611. The summed E-state index contributed by atoms with van der Waals surface area (Å²) in [5.74, 6) is 0.611. The van der Waals surface area contributed by atoms with Gasteiger partial charge < -0.3 is 13.4 Å². The zero-order valence-electron chi connectivity index (χ0n) is 31.6. The van der Waals surface area contributed by atoms with Crippen molar-refractivity contribution < 1.29 is 8.83 Å². The van der Waals surface area contributed by atoms with Gasteiger partial charge in [-0.05, 0) is 81.2 Å². The van der Waals surface area contributed by atoms with Crippen LogP contribution < -0.4 is 0 Å². The van der Waals surface area contributed by atoms with E-state index >= 15 is 0 Å². The van der Waals surface area contributed by atoms with Crippen molar-refractivity contribution in [1.29, 1.82) is 0 Å². The van der Waals surface area contributed by atoms with E-state index < -0.39 is 0 Å². The van der Waals surface area contributed by atoms with Gasteiger partial charge in [-0.3, -0.25) is 0 Å². The second-order valence-corrected chi connectivity index (χ2v) is 15.3. The van der Waals surface area contributed by atoms with Crippen LogP contribution >= 0.6 is 0 Å². The molecule has 0 fully saturated rings. The zero-order chi connectivity index (χ0) is 38.6. The van der Waals surface area contributed by atoms with Gasteiger partial charge in [0.25, 0.3) is 0 Å². The summed E-state index contributed by atoms with van der Waals surface area (Å²) in [7, 11) is 0. The van der Waals surface area contributed by atoms with Crippen LogP contribution in [0, 0.1) is 0 Å². The van der Waals surface area contributed by atoms with Crippen molar-refractivity contribution in [2.24, 2.45) is 0 Å². The molecule has 0 unspecified atom stereocenters. The van der Waals surface area contributed by atoms with E-state index in [0.29, 0.717) is 11.4 Å². The second kappa shape index (κ2) is 12.2. The lowest BCUT2D eigenvalue weighted by Gasteiger charge is -2.10. The van der Waals surface area contributed by atoms with Crippen LogP contribution in [0.25, 0.3) is 127 Å². The highest BCUT2D eigenvalue weighted by molar-refractivity contribution is 6.28. The second-order valence-electron chi connectivity index (χ2n) is 15.3. The van der Waals surface area contributed by atoms with E-state index in [0.717, 1.165) is 83.1 Å². The summed E-state index contributed by atoms with van der Waals surface area (Å²) in [6, 6.07) is 66.1. The first-order chi connectivity index (χ1) is 29.2. The molecule has 13 rings (SSSR count). The monoisotopic (exact) mass is 753 g/mol. The summed E-state index contributed by atoms with van der Waals surface area (Å²) in [5.41, 5.74) is 12.1. The molecule has 0 bridgehead atoms. The number of aromatic nitrogens is 3. The summed E-state index contributed by atoms with van der Waals surface area (Å²) in [6.45, 7) is 0. The van der Waals surface area contributed by atoms with Crippen LogP contribution in [0.15, 0.2) is 197 Å². The van der Waals surface area contributed by atoms with Crippen LogP contribution in [-0.2, 0) is 0 Å². The number of nitrogens with zero attached hydrogens (tertiary/aromatic N) is 3. The maximum atomic E-state index is 6.61. The lowest BCUT2D eigenvalue weighted by atomic mass is 10.00. The Morgan fingerprint density at radius 1 is 0.390 bits per heavy atom. The zero-order valence-corrected chi connectivity index (χ0v) is 31.6. The van der Waals surface area contributed by atoms with Crippen molar-refractivity contribution in [2.75, 3.05) is 0 Å². The van der Waals surface area contributed by atoms with Gasteiger partial charge in [0.1, 0.15) is 28.0 Å². The van der Waals surface area contributed by atoms with Crippen molar-refractivity contribution in [1.82, 2.24) is 14.5 Å². The first kappa shape index (κ1) is 32.1. The molecule has 0 aliphatic rings. The molecule has 4 aromatic heterocycles. The maximum Gasteiger partial charge on any atom is 0.180 e. The Hall–Kier alpha value is -8.02. The van der Waals surface area contributed by atoms with E-state index in [9.17, 15) is 0 Å². The Labute approximate surface area is 337 Å². The maximum absolute atomic E-state index is 6.61. The van der Waals surface area contributed by atoms with Crippen LogP contribution in [0.4, 0.5) is 0 Å². The number of benzene rings is 9. The number of para-hydroxylation sites is 1. The van der Waals surface area contributed by atoms with Gasteiger partial charge in [0.05, 0.1) is 11.0 Å². The molecule has 59 heavy (non-hydrogen) atoms. The minimum atomic E-state index is 0.611. The van der Waals surface area contributed by atoms with Crippen LogP contribution in [0.2, 0.25) is 0 Å². The molecule has 0 spiro atoms. The molecule has 0 atom stereocenters. The Kier molecular flexibility index (Phi) is 6.66. The third kappa shape index (κ3) is 4.73. The van der Waals surface area contributed by atoms with Crippen molar-refractivity contribution >= 4 is 87.4 Å². The van der Waals surface area contributed by atoms with Crippen molar-refractivity contribution in [3.05, 3.63) is 188 Å². The highest BCUT2D eigenvalue weighted by Crippen LogP contribution is 2.43. The molecule has 0 amide bonds. The molecular formula is C54H31N3O2. The highest BCUT2D eigenvalue weighted by atomic mass is 16.3. The fourth-order valence-corrected chi connectivity index (χ4v) is 9.32. The largest absolute Gasteiger partial charge is 0.456 e. The van der Waals surface area contributed by atoms with Crippen molar-refractivity contribution in [3.63, 3.8) is 0 Å². The number of hydrogen-bond donors (Lipinski definition) is 0. The molecule has 5 nitrogen and oxygen atoms in total. The van der Waals surface area contributed by atoms with Gasteiger partial charge in [-0.2, -0.15) is 0 Å². The third-order valence-corrected chi connectivity index (χ3v) is 12.0. The van der Waals surface area contributed by atoms with Crippen LogP contribution in [0.5, 0.6) is 0 Å². The Balaban J connectivity index is 1.06. The number of furan rings is 2. The first-order valence-electron chi connectivity index (χ1n) is 19.9. The molecule has 13 aromatic rings. The standard InChI is InChI=1S/C54H31N3O2/c1-2-11-32(12-3-1)33-21-23-36(24-22-33)51-53-52(40-17-8-9-19-45(40)59-53)56-54(55-51)41-18-10-20-47-48(41)42-31-37(27-30-46(42)58-47)57-43-28-25-34-13-4-6-15-38(34)49(43)50-39-16-7-5-14-35(39)26-29-44(50)57/h1-31H. The molecule has 0 aliphatic carbocycles. The smallest absolute Gasteiger partial charge is 0.180 e. The van der Waals surface area contributed by atoms with Crippen LogP contribution in [-0.4, -0.2) is 14.5 Å². The van der Waals surface area contributed by atoms with E-state index in [1.54, 1.807) is 0 Å². The number of fused-ring (bicyclic) bond motifs is 13.